The summed E-state index contributed by atoms with van der Waals surface area (Å²) in [5, 5.41) is 9.22. The van der Waals surface area contributed by atoms with Gasteiger partial charge in [-0.25, -0.2) is 0 Å². The molecular weight excluding hydrogens is 230 g/mol. The zero-order valence-electron chi connectivity index (χ0n) is 12.1. The standard InChI is InChI=1S/C14H25NO3/c1-6-14(3,4)15(5)12(16)10-7-9(2)8-11(10)13(17)18/h9-11H,6-8H2,1-5H3,(H,17,18). The van der Waals surface area contributed by atoms with Crippen LogP contribution >= 0.6 is 0 Å². The fourth-order valence-electron chi connectivity index (χ4n) is 2.62. The van der Waals surface area contributed by atoms with Gasteiger partial charge in [0.25, 0.3) is 0 Å². The second-order valence-corrected chi connectivity index (χ2v) is 6.19. The number of hydrogen-bond acceptors (Lipinski definition) is 2. The molecule has 3 atom stereocenters. The largest absolute Gasteiger partial charge is 0.481 e. The lowest BCUT2D eigenvalue weighted by atomic mass is 9.91. The summed E-state index contributed by atoms with van der Waals surface area (Å²) < 4.78 is 0. The molecule has 1 amide bonds. The lowest BCUT2D eigenvalue weighted by molar-refractivity contribution is -0.150. The Morgan fingerprint density at radius 3 is 2.22 bits per heavy atom. The molecule has 18 heavy (non-hydrogen) atoms. The molecule has 1 fully saturated rings. The van der Waals surface area contributed by atoms with Crippen molar-refractivity contribution >= 4 is 11.9 Å². The highest BCUT2D eigenvalue weighted by Gasteiger charge is 2.43. The van der Waals surface area contributed by atoms with Crippen LogP contribution in [0.15, 0.2) is 0 Å². The first kappa shape index (κ1) is 15.0. The van der Waals surface area contributed by atoms with Crippen molar-refractivity contribution in [1.29, 1.82) is 0 Å². The molecule has 1 aliphatic carbocycles. The quantitative estimate of drug-likeness (QED) is 0.839. The van der Waals surface area contributed by atoms with Crippen molar-refractivity contribution in [3.05, 3.63) is 0 Å². The van der Waals surface area contributed by atoms with Gasteiger partial charge in [0.1, 0.15) is 0 Å². The van der Waals surface area contributed by atoms with Gasteiger partial charge in [-0.05, 0) is 39.0 Å². The Balaban J connectivity index is 2.86. The van der Waals surface area contributed by atoms with Gasteiger partial charge in [0.15, 0.2) is 0 Å². The van der Waals surface area contributed by atoms with Crippen LogP contribution in [0.4, 0.5) is 0 Å². The van der Waals surface area contributed by atoms with Crippen molar-refractivity contribution < 1.29 is 14.7 Å². The molecule has 3 unspecified atom stereocenters. The number of amides is 1. The summed E-state index contributed by atoms with van der Waals surface area (Å²) in [4.78, 5) is 25.4. The van der Waals surface area contributed by atoms with Crippen molar-refractivity contribution in [3.63, 3.8) is 0 Å². The molecular formula is C14H25NO3. The molecule has 4 nitrogen and oxygen atoms in total. The normalized spacial score (nSPS) is 28.2. The van der Waals surface area contributed by atoms with E-state index in [4.69, 9.17) is 0 Å². The first-order chi connectivity index (χ1) is 8.20. The van der Waals surface area contributed by atoms with Gasteiger partial charge >= 0.3 is 5.97 Å². The van der Waals surface area contributed by atoms with Gasteiger partial charge < -0.3 is 10.0 Å². The van der Waals surface area contributed by atoms with Crippen molar-refractivity contribution in [1.82, 2.24) is 4.90 Å². The summed E-state index contributed by atoms with van der Waals surface area (Å²) in [5.74, 6) is -1.40. The summed E-state index contributed by atoms with van der Waals surface area (Å²) in [6.07, 6.45) is 2.17. The molecule has 0 aromatic heterocycles. The number of aliphatic carboxylic acids is 1. The first-order valence-electron chi connectivity index (χ1n) is 6.71. The highest BCUT2D eigenvalue weighted by atomic mass is 16.4. The van der Waals surface area contributed by atoms with Crippen molar-refractivity contribution in [3.8, 4) is 0 Å². The van der Waals surface area contributed by atoms with E-state index in [1.54, 1.807) is 11.9 Å². The van der Waals surface area contributed by atoms with Gasteiger partial charge in [-0.2, -0.15) is 0 Å². The van der Waals surface area contributed by atoms with Crippen molar-refractivity contribution in [2.75, 3.05) is 7.05 Å². The van der Waals surface area contributed by atoms with Gasteiger partial charge in [-0.3, -0.25) is 9.59 Å². The second-order valence-electron chi connectivity index (χ2n) is 6.19. The van der Waals surface area contributed by atoms with Gasteiger partial charge in [-0.15, -0.1) is 0 Å². The van der Waals surface area contributed by atoms with E-state index in [1.807, 2.05) is 27.7 Å². The number of carboxylic acid groups (broad SMARTS) is 1. The van der Waals surface area contributed by atoms with Crippen LogP contribution in [-0.2, 0) is 9.59 Å². The molecule has 0 aromatic carbocycles. The summed E-state index contributed by atoms with van der Waals surface area (Å²) in [6.45, 7) is 8.09. The number of carbonyl (C=O) groups excluding carboxylic acids is 1. The monoisotopic (exact) mass is 255 g/mol. The first-order valence-corrected chi connectivity index (χ1v) is 6.71. The average molecular weight is 255 g/mol. The number of carboxylic acids is 1. The molecule has 0 aliphatic heterocycles. The third-order valence-electron chi connectivity index (χ3n) is 4.54. The van der Waals surface area contributed by atoms with E-state index in [2.05, 4.69) is 0 Å². The minimum Gasteiger partial charge on any atom is -0.481 e. The van der Waals surface area contributed by atoms with Gasteiger partial charge in [0.05, 0.1) is 11.8 Å². The Labute approximate surface area is 109 Å². The average Bonchev–Trinajstić information content (AvgIpc) is 2.69. The molecule has 1 rings (SSSR count). The highest BCUT2D eigenvalue weighted by Crippen LogP contribution is 2.38. The number of rotatable bonds is 4. The molecule has 4 heteroatoms. The molecule has 0 heterocycles. The molecule has 0 spiro atoms. The van der Waals surface area contributed by atoms with Crippen LogP contribution in [0.1, 0.15) is 47.0 Å². The number of carbonyl (C=O) groups is 2. The molecule has 1 aliphatic rings. The second kappa shape index (κ2) is 5.29. The molecule has 1 saturated carbocycles. The van der Waals surface area contributed by atoms with Crippen LogP contribution < -0.4 is 0 Å². The maximum atomic E-state index is 12.5. The Bertz CT molecular complexity index is 338. The van der Waals surface area contributed by atoms with E-state index in [1.165, 1.54) is 0 Å². The van der Waals surface area contributed by atoms with E-state index < -0.39 is 11.9 Å². The third kappa shape index (κ3) is 2.85. The van der Waals surface area contributed by atoms with Crippen molar-refractivity contribution in [2.24, 2.45) is 17.8 Å². The van der Waals surface area contributed by atoms with E-state index in [0.717, 1.165) is 6.42 Å². The summed E-state index contributed by atoms with van der Waals surface area (Å²) in [5.41, 5.74) is -0.216. The number of nitrogens with zero attached hydrogens (tertiary/aromatic N) is 1. The predicted molar refractivity (Wildman–Crippen MR) is 70.2 cm³/mol. The van der Waals surface area contributed by atoms with Gasteiger partial charge in [0.2, 0.25) is 5.91 Å². The molecule has 0 aromatic rings. The minimum atomic E-state index is -0.833. The van der Waals surface area contributed by atoms with E-state index >= 15 is 0 Å². The van der Waals surface area contributed by atoms with Crippen LogP contribution in [0, 0.1) is 17.8 Å². The molecule has 104 valence electrons. The predicted octanol–water partition coefficient (Wildman–Crippen LogP) is 2.38. The van der Waals surface area contributed by atoms with Crippen LogP contribution in [0.2, 0.25) is 0 Å². The molecule has 0 radical (unpaired) electrons. The van der Waals surface area contributed by atoms with Crippen molar-refractivity contribution in [2.45, 2.75) is 52.5 Å². The maximum absolute atomic E-state index is 12.5. The zero-order chi connectivity index (χ0) is 14.1. The smallest absolute Gasteiger partial charge is 0.307 e. The number of hydrogen-bond donors (Lipinski definition) is 1. The van der Waals surface area contributed by atoms with Crippen LogP contribution in [0.3, 0.4) is 0 Å². The Kier molecular flexibility index (Phi) is 4.41. The zero-order valence-corrected chi connectivity index (χ0v) is 12.1. The minimum absolute atomic E-state index is 0.0152. The van der Waals surface area contributed by atoms with E-state index in [9.17, 15) is 14.7 Å². The lowest BCUT2D eigenvalue weighted by Crippen LogP contribution is -2.48. The third-order valence-corrected chi connectivity index (χ3v) is 4.54. The lowest BCUT2D eigenvalue weighted by Gasteiger charge is -2.37. The fourth-order valence-corrected chi connectivity index (χ4v) is 2.62. The Morgan fingerprint density at radius 1 is 1.28 bits per heavy atom. The van der Waals surface area contributed by atoms with Crippen LogP contribution in [-0.4, -0.2) is 34.5 Å². The fraction of sp³-hybridized carbons (Fsp3) is 0.857. The Morgan fingerprint density at radius 2 is 1.78 bits per heavy atom. The Hall–Kier alpha value is -1.06. The molecule has 1 N–H and O–H groups in total. The molecule has 0 bridgehead atoms. The van der Waals surface area contributed by atoms with E-state index in [-0.39, 0.29) is 17.4 Å². The van der Waals surface area contributed by atoms with Crippen LogP contribution in [0.25, 0.3) is 0 Å². The van der Waals surface area contributed by atoms with Gasteiger partial charge in [-0.1, -0.05) is 13.8 Å². The topological polar surface area (TPSA) is 57.6 Å². The highest BCUT2D eigenvalue weighted by molar-refractivity contribution is 5.85. The van der Waals surface area contributed by atoms with Gasteiger partial charge in [0, 0.05) is 12.6 Å². The van der Waals surface area contributed by atoms with Crippen LogP contribution in [0.5, 0.6) is 0 Å². The SMILES string of the molecule is CCC(C)(C)N(C)C(=O)C1CC(C)CC1C(=O)O. The summed E-state index contributed by atoms with van der Waals surface area (Å²) in [6, 6.07) is 0. The summed E-state index contributed by atoms with van der Waals surface area (Å²) >= 11 is 0. The van der Waals surface area contributed by atoms with E-state index in [0.29, 0.717) is 18.8 Å². The maximum Gasteiger partial charge on any atom is 0.307 e. The molecule has 0 saturated heterocycles. The summed E-state index contributed by atoms with van der Waals surface area (Å²) in [7, 11) is 1.79.